The first-order chi connectivity index (χ1) is 6.49. The van der Waals surface area contributed by atoms with Crippen LogP contribution in [0.3, 0.4) is 0 Å². The summed E-state index contributed by atoms with van der Waals surface area (Å²) in [6.45, 7) is 5.06. The van der Waals surface area contributed by atoms with Gasteiger partial charge in [-0.05, 0) is 59.5 Å². The summed E-state index contributed by atoms with van der Waals surface area (Å²) in [5.41, 5.74) is -0.479. The molecular weight excluding hydrogens is 174 g/mol. The zero-order valence-electron chi connectivity index (χ0n) is 9.92. The topological polar surface area (TPSA) is 23.5 Å². The summed E-state index contributed by atoms with van der Waals surface area (Å²) < 4.78 is 0. The average Bonchev–Trinajstić information content (AvgIpc) is 2.06. The van der Waals surface area contributed by atoms with E-state index in [0.29, 0.717) is 0 Å². The van der Waals surface area contributed by atoms with Gasteiger partial charge < -0.3 is 10.0 Å². The molecule has 1 atom stereocenters. The third-order valence-corrected chi connectivity index (χ3v) is 3.25. The summed E-state index contributed by atoms with van der Waals surface area (Å²) in [6, 6.07) is 0.770. The van der Waals surface area contributed by atoms with E-state index in [1.165, 1.54) is 32.2 Å². The van der Waals surface area contributed by atoms with Crippen molar-refractivity contribution in [1.82, 2.24) is 4.90 Å². The third kappa shape index (κ3) is 4.43. The van der Waals surface area contributed by atoms with E-state index in [1.54, 1.807) is 0 Å². The van der Waals surface area contributed by atoms with Gasteiger partial charge in [0.2, 0.25) is 0 Å². The van der Waals surface area contributed by atoms with Crippen LogP contribution in [0.25, 0.3) is 0 Å². The zero-order chi connectivity index (χ0) is 10.6. The van der Waals surface area contributed by atoms with Crippen LogP contribution in [-0.2, 0) is 0 Å². The highest BCUT2D eigenvalue weighted by Gasteiger charge is 2.19. The molecule has 0 aromatic heterocycles. The molecule has 1 aliphatic heterocycles. The maximum atomic E-state index is 9.60. The Morgan fingerprint density at radius 1 is 1.36 bits per heavy atom. The van der Waals surface area contributed by atoms with Crippen molar-refractivity contribution in [3.63, 3.8) is 0 Å². The highest BCUT2D eigenvalue weighted by Crippen LogP contribution is 2.21. The SMILES string of the molecule is CN1CCCCC1CCCC(C)(C)O. The molecule has 1 saturated heterocycles. The predicted molar refractivity (Wildman–Crippen MR) is 60.4 cm³/mol. The van der Waals surface area contributed by atoms with Crippen molar-refractivity contribution in [2.75, 3.05) is 13.6 Å². The molecule has 1 N–H and O–H groups in total. The fourth-order valence-corrected chi connectivity index (χ4v) is 2.28. The van der Waals surface area contributed by atoms with Crippen LogP contribution in [0.5, 0.6) is 0 Å². The lowest BCUT2D eigenvalue weighted by Gasteiger charge is -2.33. The van der Waals surface area contributed by atoms with Gasteiger partial charge in [0.1, 0.15) is 0 Å². The van der Waals surface area contributed by atoms with Gasteiger partial charge in [0.05, 0.1) is 5.60 Å². The van der Waals surface area contributed by atoms with E-state index in [9.17, 15) is 5.11 Å². The highest BCUT2D eigenvalue weighted by atomic mass is 16.3. The van der Waals surface area contributed by atoms with Crippen molar-refractivity contribution in [2.24, 2.45) is 0 Å². The highest BCUT2D eigenvalue weighted by molar-refractivity contribution is 4.75. The normalized spacial score (nSPS) is 25.3. The number of nitrogens with zero attached hydrogens (tertiary/aromatic N) is 1. The molecule has 2 nitrogen and oxygen atoms in total. The zero-order valence-corrected chi connectivity index (χ0v) is 9.92. The van der Waals surface area contributed by atoms with Gasteiger partial charge in [0.25, 0.3) is 0 Å². The Labute approximate surface area is 88.3 Å². The van der Waals surface area contributed by atoms with Gasteiger partial charge in [-0.25, -0.2) is 0 Å². The minimum atomic E-state index is -0.479. The Balaban J connectivity index is 2.17. The van der Waals surface area contributed by atoms with Crippen molar-refractivity contribution >= 4 is 0 Å². The van der Waals surface area contributed by atoms with Crippen molar-refractivity contribution in [2.45, 2.75) is 64.0 Å². The number of hydrogen-bond acceptors (Lipinski definition) is 2. The third-order valence-electron chi connectivity index (χ3n) is 3.25. The van der Waals surface area contributed by atoms with Gasteiger partial charge >= 0.3 is 0 Å². The van der Waals surface area contributed by atoms with Crippen molar-refractivity contribution in [1.29, 1.82) is 0 Å². The second-order valence-electron chi connectivity index (χ2n) is 5.33. The maximum Gasteiger partial charge on any atom is 0.0591 e. The van der Waals surface area contributed by atoms with Gasteiger partial charge in [-0.15, -0.1) is 0 Å². The summed E-state index contributed by atoms with van der Waals surface area (Å²) in [5.74, 6) is 0. The molecule has 1 aliphatic rings. The Bertz CT molecular complexity index is 162. The van der Waals surface area contributed by atoms with Gasteiger partial charge in [0.15, 0.2) is 0 Å². The fraction of sp³-hybridized carbons (Fsp3) is 1.00. The fourth-order valence-electron chi connectivity index (χ4n) is 2.28. The van der Waals surface area contributed by atoms with Crippen LogP contribution in [0.15, 0.2) is 0 Å². The maximum absolute atomic E-state index is 9.60. The number of rotatable bonds is 4. The molecule has 0 aromatic carbocycles. The molecule has 1 heterocycles. The van der Waals surface area contributed by atoms with Gasteiger partial charge in [-0.3, -0.25) is 0 Å². The van der Waals surface area contributed by atoms with E-state index in [1.807, 2.05) is 13.8 Å². The molecular formula is C12H25NO. The molecule has 0 spiro atoms. The molecule has 0 amide bonds. The summed E-state index contributed by atoms with van der Waals surface area (Å²) >= 11 is 0. The second-order valence-corrected chi connectivity index (χ2v) is 5.33. The molecule has 84 valence electrons. The molecule has 2 heteroatoms. The minimum Gasteiger partial charge on any atom is -0.390 e. The largest absolute Gasteiger partial charge is 0.390 e. The molecule has 0 radical (unpaired) electrons. The van der Waals surface area contributed by atoms with Crippen LogP contribution in [-0.4, -0.2) is 35.2 Å². The lowest BCUT2D eigenvalue weighted by molar-refractivity contribution is 0.0637. The van der Waals surface area contributed by atoms with Crippen molar-refractivity contribution in [3.05, 3.63) is 0 Å². The van der Waals surface area contributed by atoms with Gasteiger partial charge in [-0.2, -0.15) is 0 Å². The second kappa shape index (κ2) is 5.13. The first kappa shape index (κ1) is 12.0. The van der Waals surface area contributed by atoms with Crippen LogP contribution in [0.1, 0.15) is 52.4 Å². The molecule has 1 rings (SSSR count). The molecule has 0 aromatic rings. The molecule has 14 heavy (non-hydrogen) atoms. The van der Waals surface area contributed by atoms with E-state index < -0.39 is 5.60 Å². The van der Waals surface area contributed by atoms with E-state index in [4.69, 9.17) is 0 Å². The number of likely N-dealkylation sites (tertiary alicyclic amines) is 1. The first-order valence-corrected chi connectivity index (χ1v) is 5.92. The molecule has 0 aliphatic carbocycles. The predicted octanol–water partition coefficient (Wildman–Crippen LogP) is 2.41. The minimum absolute atomic E-state index is 0.479. The number of aliphatic hydroxyl groups is 1. The molecule has 1 unspecified atom stereocenters. The monoisotopic (exact) mass is 199 g/mol. The average molecular weight is 199 g/mol. The summed E-state index contributed by atoms with van der Waals surface area (Å²) in [5, 5.41) is 9.60. The quantitative estimate of drug-likeness (QED) is 0.751. The van der Waals surface area contributed by atoms with Crippen LogP contribution < -0.4 is 0 Å². The van der Waals surface area contributed by atoms with E-state index in [0.717, 1.165) is 18.9 Å². The van der Waals surface area contributed by atoms with Crippen molar-refractivity contribution < 1.29 is 5.11 Å². The Morgan fingerprint density at radius 2 is 2.07 bits per heavy atom. The van der Waals surface area contributed by atoms with E-state index in [-0.39, 0.29) is 0 Å². The Hall–Kier alpha value is -0.0800. The first-order valence-electron chi connectivity index (χ1n) is 5.92. The standard InChI is InChI=1S/C12H25NO/c1-12(2,14)9-6-8-11-7-4-5-10-13(11)3/h11,14H,4-10H2,1-3H3. The Morgan fingerprint density at radius 3 is 2.64 bits per heavy atom. The lowest BCUT2D eigenvalue weighted by Crippen LogP contribution is -2.36. The van der Waals surface area contributed by atoms with Gasteiger partial charge in [-0.1, -0.05) is 6.42 Å². The summed E-state index contributed by atoms with van der Waals surface area (Å²) in [6.07, 6.45) is 7.43. The van der Waals surface area contributed by atoms with Crippen LogP contribution >= 0.6 is 0 Å². The van der Waals surface area contributed by atoms with Crippen LogP contribution in [0, 0.1) is 0 Å². The number of hydrogen-bond donors (Lipinski definition) is 1. The van der Waals surface area contributed by atoms with Crippen LogP contribution in [0.4, 0.5) is 0 Å². The summed E-state index contributed by atoms with van der Waals surface area (Å²) in [7, 11) is 2.23. The Kier molecular flexibility index (Phi) is 4.39. The van der Waals surface area contributed by atoms with Gasteiger partial charge in [0, 0.05) is 6.04 Å². The molecule has 1 fully saturated rings. The van der Waals surface area contributed by atoms with E-state index >= 15 is 0 Å². The van der Waals surface area contributed by atoms with Crippen molar-refractivity contribution in [3.8, 4) is 0 Å². The summed E-state index contributed by atoms with van der Waals surface area (Å²) in [4.78, 5) is 2.48. The van der Waals surface area contributed by atoms with E-state index in [2.05, 4.69) is 11.9 Å². The lowest BCUT2D eigenvalue weighted by atomic mass is 9.94. The number of piperidine rings is 1. The smallest absolute Gasteiger partial charge is 0.0591 e. The molecule has 0 bridgehead atoms. The molecule has 0 saturated carbocycles. The van der Waals surface area contributed by atoms with Crippen LogP contribution in [0.2, 0.25) is 0 Å².